The predicted octanol–water partition coefficient (Wildman–Crippen LogP) is 6.86. The SMILES string of the molecule is CCCCCCCCCCCCOc1ccc(/C(C(C)=O)=C(/C)O)cc1. The number of rotatable bonds is 14. The molecule has 0 fully saturated rings. The molecule has 0 amide bonds. The lowest BCUT2D eigenvalue weighted by atomic mass is 10.0. The van der Waals surface area contributed by atoms with E-state index in [9.17, 15) is 9.90 Å². The zero-order chi connectivity index (χ0) is 19.2. The lowest BCUT2D eigenvalue weighted by Gasteiger charge is -2.09. The molecule has 0 unspecified atom stereocenters. The molecule has 1 aromatic carbocycles. The molecule has 0 saturated heterocycles. The topological polar surface area (TPSA) is 46.5 Å². The number of hydrogen-bond acceptors (Lipinski definition) is 3. The Morgan fingerprint density at radius 2 is 1.35 bits per heavy atom. The van der Waals surface area contributed by atoms with Crippen LogP contribution >= 0.6 is 0 Å². The van der Waals surface area contributed by atoms with Gasteiger partial charge in [0, 0.05) is 0 Å². The zero-order valence-corrected chi connectivity index (χ0v) is 16.9. The van der Waals surface area contributed by atoms with E-state index in [0.29, 0.717) is 5.57 Å². The number of Topliss-reactive ketones (excluding diaryl/α,β-unsaturated/α-hetero) is 1. The third-order valence-electron chi connectivity index (χ3n) is 4.62. The van der Waals surface area contributed by atoms with Crippen molar-refractivity contribution in [2.45, 2.75) is 85.0 Å². The lowest BCUT2D eigenvalue weighted by molar-refractivity contribution is -0.111. The molecule has 0 heterocycles. The van der Waals surface area contributed by atoms with E-state index in [2.05, 4.69) is 6.92 Å². The number of unbranched alkanes of at least 4 members (excludes halogenated alkanes) is 9. The molecule has 26 heavy (non-hydrogen) atoms. The van der Waals surface area contributed by atoms with E-state index in [4.69, 9.17) is 4.74 Å². The molecule has 1 rings (SSSR count). The van der Waals surface area contributed by atoms with Crippen LogP contribution in [0.15, 0.2) is 30.0 Å². The summed E-state index contributed by atoms with van der Waals surface area (Å²) < 4.78 is 5.77. The van der Waals surface area contributed by atoms with Gasteiger partial charge in [0.1, 0.15) is 11.5 Å². The Labute approximate surface area is 159 Å². The number of ether oxygens (including phenoxy) is 1. The van der Waals surface area contributed by atoms with E-state index in [1.807, 2.05) is 24.3 Å². The Kier molecular flexibility index (Phi) is 11.5. The van der Waals surface area contributed by atoms with Gasteiger partial charge in [0.25, 0.3) is 0 Å². The Morgan fingerprint density at radius 1 is 0.846 bits per heavy atom. The summed E-state index contributed by atoms with van der Waals surface area (Å²) in [5, 5.41) is 9.65. The molecule has 0 aliphatic rings. The van der Waals surface area contributed by atoms with E-state index in [0.717, 1.165) is 24.3 Å². The van der Waals surface area contributed by atoms with Crippen LogP contribution in [-0.4, -0.2) is 17.5 Å². The van der Waals surface area contributed by atoms with Crippen LogP contribution in [0.2, 0.25) is 0 Å². The first-order valence-corrected chi connectivity index (χ1v) is 10.2. The Hall–Kier alpha value is -1.77. The summed E-state index contributed by atoms with van der Waals surface area (Å²) in [6.45, 7) is 5.98. The third kappa shape index (κ3) is 9.07. The van der Waals surface area contributed by atoms with Gasteiger partial charge in [-0.3, -0.25) is 4.79 Å². The van der Waals surface area contributed by atoms with E-state index >= 15 is 0 Å². The first-order valence-electron chi connectivity index (χ1n) is 10.2. The number of hydrogen-bond donors (Lipinski definition) is 1. The van der Waals surface area contributed by atoms with Crippen LogP contribution in [0.4, 0.5) is 0 Å². The summed E-state index contributed by atoms with van der Waals surface area (Å²) in [4.78, 5) is 11.6. The number of carbonyl (C=O) groups is 1. The van der Waals surface area contributed by atoms with E-state index < -0.39 is 0 Å². The second-order valence-corrected chi connectivity index (χ2v) is 7.07. The highest BCUT2D eigenvalue weighted by Gasteiger charge is 2.11. The van der Waals surface area contributed by atoms with Crippen molar-refractivity contribution in [2.24, 2.45) is 0 Å². The molecule has 1 N–H and O–H groups in total. The minimum Gasteiger partial charge on any atom is -0.512 e. The normalized spacial score (nSPS) is 12.0. The smallest absolute Gasteiger partial charge is 0.163 e. The van der Waals surface area contributed by atoms with Crippen LogP contribution < -0.4 is 4.74 Å². The fourth-order valence-electron chi connectivity index (χ4n) is 3.16. The first-order chi connectivity index (χ1) is 12.6. The van der Waals surface area contributed by atoms with Gasteiger partial charge in [-0.15, -0.1) is 0 Å². The van der Waals surface area contributed by atoms with Crippen molar-refractivity contribution < 1.29 is 14.6 Å². The fourth-order valence-corrected chi connectivity index (χ4v) is 3.16. The molecule has 0 radical (unpaired) electrons. The van der Waals surface area contributed by atoms with Crippen LogP contribution in [0.25, 0.3) is 5.57 Å². The zero-order valence-electron chi connectivity index (χ0n) is 16.9. The number of benzene rings is 1. The van der Waals surface area contributed by atoms with E-state index in [1.165, 1.54) is 71.6 Å². The van der Waals surface area contributed by atoms with Crippen molar-refractivity contribution in [3.63, 3.8) is 0 Å². The van der Waals surface area contributed by atoms with Gasteiger partial charge < -0.3 is 9.84 Å². The summed E-state index contributed by atoms with van der Waals surface area (Å²) in [5.74, 6) is 0.726. The number of aliphatic hydroxyl groups is 1. The minimum absolute atomic E-state index is 0.0523. The van der Waals surface area contributed by atoms with Gasteiger partial charge in [-0.05, 0) is 38.0 Å². The van der Waals surface area contributed by atoms with Gasteiger partial charge >= 0.3 is 0 Å². The molecule has 0 saturated carbocycles. The maximum absolute atomic E-state index is 11.6. The van der Waals surface area contributed by atoms with Gasteiger partial charge in [-0.1, -0.05) is 76.8 Å². The number of carbonyl (C=O) groups excluding carboxylic acids is 1. The monoisotopic (exact) mass is 360 g/mol. The standard InChI is InChI=1S/C23H36O3/c1-4-5-6-7-8-9-10-11-12-13-18-26-22-16-14-21(15-17-22)23(19(2)24)20(3)25/h14-17,24H,4-13,18H2,1-3H3/b23-19-. The molecule has 0 aromatic heterocycles. The van der Waals surface area contributed by atoms with Crippen molar-refractivity contribution in [3.8, 4) is 5.75 Å². The second kappa shape index (κ2) is 13.4. The average molecular weight is 361 g/mol. The summed E-state index contributed by atoms with van der Waals surface area (Å²) in [5.41, 5.74) is 1.09. The van der Waals surface area contributed by atoms with Crippen LogP contribution in [0.3, 0.4) is 0 Å². The third-order valence-corrected chi connectivity index (χ3v) is 4.62. The molecule has 0 aliphatic heterocycles. The van der Waals surface area contributed by atoms with Crippen LogP contribution in [0, 0.1) is 0 Å². The molecule has 3 nitrogen and oxygen atoms in total. The maximum atomic E-state index is 11.6. The van der Waals surface area contributed by atoms with Gasteiger partial charge in [-0.2, -0.15) is 0 Å². The quantitative estimate of drug-likeness (QED) is 0.224. The Balaban J connectivity index is 2.17. The molecule has 146 valence electrons. The molecule has 3 heteroatoms. The molecule has 0 atom stereocenters. The Morgan fingerprint density at radius 3 is 1.81 bits per heavy atom. The van der Waals surface area contributed by atoms with Gasteiger partial charge in [-0.25, -0.2) is 0 Å². The number of allylic oxidation sites excluding steroid dienone is 2. The van der Waals surface area contributed by atoms with Crippen molar-refractivity contribution in [1.29, 1.82) is 0 Å². The van der Waals surface area contributed by atoms with Gasteiger partial charge in [0.05, 0.1) is 12.2 Å². The lowest BCUT2D eigenvalue weighted by Crippen LogP contribution is -2.00. The first kappa shape index (κ1) is 22.3. The largest absolute Gasteiger partial charge is 0.512 e. The maximum Gasteiger partial charge on any atom is 0.163 e. The van der Waals surface area contributed by atoms with E-state index in [1.54, 1.807) is 0 Å². The van der Waals surface area contributed by atoms with Crippen LogP contribution in [0.1, 0.15) is 90.5 Å². The molecule has 0 bridgehead atoms. The van der Waals surface area contributed by atoms with Gasteiger partial charge in [0.2, 0.25) is 0 Å². The molecular formula is C23H36O3. The average Bonchev–Trinajstić information content (AvgIpc) is 2.60. The number of ketones is 1. The van der Waals surface area contributed by atoms with Crippen molar-refractivity contribution in [3.05, 3.63) is 35.6 Å². The highest BCUT2D eigenvalue weighted by Crippen LogP contribution is 2.22. The molecule has 1 aromatic rings. The predicted molar refractivity (Wildman–Crippen MR) is 110 cm³/mol. The summed E-state index contributed by atoms with van der Waals surface area (Å²) in [6, 6.07) is 7.36. The number of aliphatic hydroxyl groups excluding tert-OH is 1. The van der Waals surface area contributed by atoms with Crippen LogP contribution in [-0.2, 0) is 4.79 Å². The summed E-state index contributed by atoms with van der Waals surface area (Å²) in [6.07, 6.45) is 13.1. The minimum atomic E-state index is -0.135. The fraction of sp³-hybridized carbons (Fsp3) is 0.609. The molecule has 0 spiro atoms. The van der Waals surface area contributed by atoms with Crippen molar-refractivity contribution >= 4 is 11.4 Å². The van der Waals surface area contributed by atoms with Gasteiger partial charge in [0.15, 0.2) is 5.78 Å². The van der Waals surface area contributed by atoms with Crippen molar-refractivity contribution in [1.82, 2.24) is 0 Å². The van der Waals surface area contributed by atoms with E-state index in [-0.39, 0.29) is 11.5 Å². The molecular weight excluding hydrogens is 324 g/mol. The van der Waals surface area contributed by atoms with Crippen molar-refractivity contribution in [2.75, 3.05) is 6.61 Å². The molecule has 0 aliphatic carbocycles. The summed E-state index contributed by atoms with van der Waals surface area (Å²) in [7, 11) is 0. The second-order valence-electron chi connectivity index (χ2n) is 7.07. The summed E-state index contributed by atoms with van der Waals surface area (Å²) >= 11 is 0. The van der Waals surface area contributed by atoms with Crippen LogP contribution in [0.5, 0.6) is 5.75 Å². The highest BCUT2D eigenvalue weighted by atomic mass is 16.5. The Bertz CT molecular complexity index is 539. The highest BCUT2D eigenvalue weighted by molar-refractivity contribution is 6.20.